The summed E-state index contributed by atoms with van der Waals surface area (Å²) >= 11 is 3.43. The number of hydrogen-bond acceptors (Lipinski definition) is 3. The lowest BCUT2D eigenvalue weighted by Crippen LogP contribution is -2.05. The van der Waals surface area contributed by atoms with E-state index in [-0.39, 0.29) is 5.75 Å². The summed E-state index contributed by atoms with van der Waals surface area (Å²) in [7, 11) is 0. The zero-order valence-electron chi connectivity index (χ0n) is 11.8. The van der Waals surface area contributed by atoms with Gasteiger partial charge in [0.05, 0.1) is 18.0 Å². The Hall–Kier alpha value is -1.75. The van der Waals surface area contributed by atoms with Crippen molar-refractivity contribution in [3.63, 3.8) is 0 Å². The molecule has 2 aromatic carbocycles. The number of halogens is 2. The predicted molar refractivity (Wildman–Crippen MR) is 88.1 cm³/mol. The summed E-state index contributed by atoms with van der Waals surface area (Å²) in [5.74, 6) is -0.211. The number of nitrogens with two attached hydrogens (primary N) is 1. The minimum absolute atomic E-state index is 0.225. The van der Waals surface area contributed by atoms with Gasteiger partial charge in [0, 0.05) is 23.2 Å². The van der Waals surface area contributed by atoms with Gasteiger partial charge >= 0.3 is 0 Å². The van der Waals surface area contributed by atoms with Crippen LogP contribution in [0.5, 0.6) is 5.75 Å². The molecule has 0 aliphatic carbocycles. The largest absolute Gasteiger partial charge is 0.490 e. The van der Waals surface area contributed by atoms with Crippen molar-refractivity contribution in [2.75, 3.05) is 17.7 Å². The molecule has 0 bridgehead atoms. The Kier molecular flexibility index (Phi) is 5.44. The van der Waals surface area contributed by atoms with Crippen molar-refractivity contribution in [2.24, 2.45) is 0 Å². The second kappa shape index (κ2) is 7.31. The summed E-state index contributed by atoms with van der Waals surface area (Å²) in [6.07, 6.45) is 0.824. The summed E-state index contributed by atoms with van der Waals surface area (Å²) in [5, 5.41) is 3.21. The van der Waals surface area contributed by atoms with Crippen LogP contribution in [0.15, 0.2) is 40.9 Å². The predicted octanol–water partition coefficient (Wildman–Crippen LogP) is 4.57. The fourth-order valence-corrected chi connectivity index (χ4v) is 2.34. The molecule has 0 saturated heterocycles. The van der Waals surface area contributed by atoms with Crippen LogP contribution in [0.25, 0.3) is 0 Å². The Morgan fingerprint density at radius 3 is 2.81 bits per heavy atom. The molecular weight excluding hydrogens is 335 g/mol. The van der Waals surface area contributed by atoms with Crippen molar-refractivity contribution in [1.29, 1.82) is 0 Å². The second-order valence-corrected chi connectivity index (χ2v) is 5.62. The molecule has 5 heteroatoms. The molecule has 0 spiro atoms. The molecule has 0 aliphatic rings. The normalized spacial score (nSPS) is 10.4. The Balaban J connectivity index is 2.11. The molecule has 21 heavy (non-hydrogen) atoms. The van der Waals surface area contributed by atoms with Crippen LogP contribution in [0.3, 0.4) is 0 Å². The molecule has 0 saturated carbocycles. The average Bonchev–Trinajstić information content (AvgIpc) is 2.45. The zero-order chi connectivity index (χ0) is 15.2. The fraction of sp³-hybridized carbons (Fsp3) is 0.250. The minimum Gasteiger partial charge on any atom is -0.490 e. The van der Waals surface area contributed by atoms with Crippen molar-refractivity contribution in [1.82, 2.24) is 0 Å². The first-order chi connectivity index (χ1) is 10.1. The molecule has 0 unspecified atom stereocenters. The molecule has 0 fully saturated rings. The number of hydrogen-bond donors (Lipinski definition) is 2. The van der Waals surface area contributed by atoms with Crippen LogP contribution in [0.1, 0.15) is 18.9 Å². The highest BCUT2D eigenvalue weighted by Gasteiger charge is 2.09. The van der Waals surface area contributed by atoms with E-state index >= 15 is 0 Å². The summed E-state index contributed by atoms with van der Waals surface area (Å²) in [5.41, 5.74) is 7.98. The number of nitrogens with one attached hydrogen (secondary N) is 1. The molecule has 0 aromatic heterocycles. The van der Waals surface area contributed by atoms with E-state index < -0.39 is 5.82 Å². The molecule has 0 atom stereocenters. The topological polar surface area (TPSA) is 47.3 Å². The van der Waals surface area contributed by atoms with Gasteiger partial charge in [-0.2, -0.15) is 0 Å². The first-order valence-corrected chi connectivity index (χ1v) is 7.59. The van der Waals surface area contributed by atoms with Gasteiger partial charge in [-0.25, -0.2) is 4.39 Å². The highest BCUT2D eigenvalue weighted by atomic mass is 79.9. The van der Waals surface area contributed by atoms with E-state index in [2.05, 4.69) is 21.2 Å². The van der Waals surface area contributed by atoms with Gasteiger partial charge in [0.15, 0.2) is 11.6 Å². The van der Waals surface area contributed by atoms with Crippen LogP contribution >= 0.6 is 15.9 Å². The maximum Gasteiger partial charge on any atom is 0.167 e. The van der Waals surface area contributed by atoms with Gasteiger partial charge in [-0.15, -0.1) is 0 Å². The third-order valence-corrected chi connectivity index (χ3v) is 3.43. The van der Waals surface area contributed by atoms with Crippen LogP contribution in [-0.2, 0) is 6.54 Å². The van der Waals surface area contributed by atoms with Crippen molar-refractivity contribution in [2.45, 2.75) is 19.9 Å². The molecule has 0 aliphatic heterocycles. The van der Waals surface area contributed by atoms with E-state index in [0.29, 0.717) is 24.5 Å². The molecule has 0 amide bonds. The lowest BCUT2D eigenvalue weighted by Gasteiger charge is -2.13. The van der Waals surface area contributed by atoms with Gasteiger partial charge in [-0.1, -0.05) is 35.0 Å². The Morgan fingerprint density at radius 1 is 1.29 bits per heavy atom. The monoisotopic (exact) mass is 352 g/mol. The lowest BCUT2D eigenvalue weighted by molar-refractivity contribution is 0.301. The van der Waals surface area contributed by atoms with E-state index in [0.717, 1.165) is 16.5 Å². The van der Waals surface area contributed by atoms with Gasteiger partial charge in [0.2, 0.25) is 0 Å². The van der Waals surface area contributed by atoms with E-state index in [1.165, 1.54) is 6.07 Å². The van der Waals surface area contributed by atoms with Crippen LogP contribution in [0.4, 0.5) is 15.8 Å². The molecule has 0 heterocycles. The van der Waals surface area contributed by atoms with Gasteiger partial charge in [-0.3, -0.25) is 0 Å². The van der Waals surface area contributed by atoms with Gasteiger partial charge in [0.1, 0.15) is 0 Å². The van der Waals surface area contributed by atoms with Crippen LogP contribution < -0.4 is 15.8 Å². The van der Waals surface area contributed by atoms with E-state index in [4.69, 9.17) is 10.5 Å². The van der Waals surface area contributed by atoms with E-state index in [1.54, 1.807) is 6.07 Å². The SMILES string of the molecule is CCCOc1cc(NCc2cccc(Br)c2)c(N)cc1F. The first kappa shape index (κ1) is 15.6. The second-order valence-electron chi connectivity index (χ2n) is 4.70. The smallest absolute Gasteiger partial charge is 0.167 e. The summed E-state index contributed by atoms with van der Waals surface area (Å²) in [6, 6.07) is 10.8. The maximum absolute atomic E-state index is 13.7. The molecule has 112 valence electrons. The van der Waals surface area contributed by atoms with Crippen LogP contribution in [0.2, 0.25) is 0 Å². The van der Waals surface area contributed by atoms with Crippen molar-refractivity contribution >= 4 is 27.3 Å². The van der Waals surface area contributed by atoms with Crippen LogP contribution in [-0.4, -0.2) is 6.61 Å². The Bertz CT molecular complexity index is 619. The highest BCUT2D eigenvalue weighted by molar-refractivity contribution is 9.10. The molecule has 3 nitrogen and oxygen atoms in total. The standard InChI is InChI=1S/C16H18BrFN2O/c1-2-6-21-16-9-15(14(19)8-13(16)18)20-10-11-4-3-5-12(17)7-11/h3-5,7-9,20H,2,6,10,19H2,1H3. The van der Waals surface area contributed by atoms with E-state index in [1.807, 2.05) is 31.2 Å². The minimum atomic E-state index is -0.436. The van der Waals surface area contributed by atoms with Crippen LogP contribution in [0, 0.1) is 5.82 Å². The van der Waals surface area contributed by atoms with Gasteiger partial charge < -0.3 is 15.8 Å². The van der Waals surface area contributed by atoms with E-state index in [9.17, 15) is 4.39 Å². The molecular formula is C16H18BrFN2O. The molecule has 3 N–H and O–H groups in total. The maximum atomic E-state index is 13.7. The molecule has 0 radical (unpaired) electrons. The Morgan fingerprint density at radius 2 is 2.10 bits per heavy atom. The number of anilines is 2. The van der Waals surface area contributed by atoms with Gasteiger partial charge in [0.25, 0.3) is 0 Å². The summed E-state index contributed by atoms with van der Waals surface area (Å²) < 4.78 is 20.1. The number of rotatable bonds is 6. The first-order valence-electron chi connectivity index (χ1n) is 6.80. The van der Waals surface area contributed by atoms with Gasteiger partial charge in [-0.05, 0) is 24.1 Å². The lowest BCUT2D eigenvalue weighted by atomic mass is 10.2. The van der Waals surface area contributed by atoms with Crippen molar-refractivity contribution in [3.05, 3.63) is 52.3 Å². The summed E-state index contributed by atoms with van der Waals surface area (Å²) in [6.45, 7) is 3.05. The zero-order valence-corrected chi connectivity index (χ0v) is 13.4. The quantitative estimate of drug-likeness (QED) is 0.748. The third-order valence-electron chi connectivity index (χ3n) is 2.94. The fourth-order valence-electron chi connectivity index (χ4n) is 1.89. The third kappa shape index (κ3) is 4.36. The molecule has 2 aromatic rings. The number of benzene rings is 2. The number of ether oxygens (including phenoxy) is 1. The average molecular weight is 353 g/mol. The van der Waals surface area contributed by atoms with Crippen molar-refractivity contribution in [3.8, 4) is 5.75 Å². The molecule has 2 rings (SSSR count). The summed E-state index contributed by atoms with van der Waals surface area (Å²) in [4.78, 5) is 0. The highest BCUT2D eigenvalue weighted by Crippen LogP contribution is 2.29. The number of nitrogen functional groups attached to an aromatic ring is 1. The van der Waals surface area contributed by atoms with Crippen molar-refractivity contribution < 1.29 is 9.13 Å². The Labute approximate surface area is 132 Å².